The van der Waals surface area contributed by atoms with E-state index < -0.39 is 23.7 Å². The minimum absolute atomic E-state index is 0.0474. The van der Waals surface area contributed by atoms with Crippen molar-refractivity contribution in [2.75, 3.05) is 0 Å². The summed E-state index contributed by atoms with van der Waals surface area (Å²) < 4.78 is 2.30. The van der Waals surface area contributed by atoms with Gasteiger partial charge in [-0.05, 0) is 30.4 Å². The summed E-state index contributed by atoms with van der Waals surface area (Å²) in [6.07, 6.45) is 1.79. The normalized spacial score (nSPS) is 13.3. The van der Waals surface area contributed by atoms with Gasteiger partial charge in [0.2, 0.25) is 5.91 Å². The van der Waals surface area contributed by atoms with Crippen molar-refractivity contribution in [2.24, 2.45) is 0 Å². The first kappa shape index (κ1) is 20.4. The number of hydrogen-bond donors (Lipinski definition) is 1. The standard InChI is InChI=1S/C24H22N4O3/c25-15-19-21-12-7-13-27(21)24(31)28(23(19)30)16-22(29)26-20(18-10-5-2-6-11-18)14-17-8-3-1-4-9-17/h1-6,8-11,20H,7,12-14,16H2,(H,26,29)/t20-/m0/s1. The Morgan fingerprint density at radius 1 is 1.06 bits per heavy atom. The average molecular weight is 414 g/mol. The van der Waals surface area contributed by atoms with Crippen molar-refractivity contribution in [2.45, 2.75) is 38.4 Å². The van der Waals surface area contributed by atoms with Crippen LogP contribution in [-0.4, -0.2) is 15.0 Å². The lowest BCUT2D eigenvalue weighted by Gasteiger charge is -2.20. The largest absolute Gasteiger partial charge is 0.347 e. The van der Waals surface area contributed by atoms with Crippen molar-refractivity contribution in [3.8, 4) is 6.07 Å². The molecule has 1 aliphatic heterocycles. The molecule has 0 aliphatic carbocycles. The molecule has 1 atom stereocenters. The van der Waals surface area contributed by atoms with E-state index in [-0.39, 0.29) is 11.6 Å². The number of fused-ring (bicyclic) bond motifs is 1. The zero-order valence-corrected chi connectivity index (χ0v) is 17.0. The van der Waals surface area contributed by atoms with E-state index in [0.29, 0.717) is 31.5 Å². The fraction of sp³-hybridized carbons (Fsp3) is 0.250. The third-order valence-electron chi connectivity index (χ3n) is 5.56. The predicted octanol–water partition coefficient (Wildman–Crippen LogP) is 1.93. The first-order chi connectivity index (χ1) is 15.1. The third kappa shape index (κ3) is 4.19. The summed E-state index contributed by atoms with van der Waals surface area (Å²) in [6.45, 7) is 0.0240. The number of aromatic nitrogens is 2. The Morgan fingerprint density at radius 2 is 1.74 bits per heavy atom. The molecule has 0 bridgehead atoms. The van der Waals surface area contributed by atoms with Gasteiger partial charge in [-0.15, -0.1) is 0 Å². The summed E-state index contributed by atoms with van der Waals surface area (Å²) in [5.41, 5.74) is 1.17. The van der Waals surface area contributed by atoms with Gasteiger partial charge in [0.1, 0.15) is 18.2 Å². The molecular formula is C24H22N4O3. The summed E-state index contributed by atoms with van der Waals surface area (Å²) in [7, 11) is 0. The fourth-order valence-corrected chi connectivity index (χ4v) is 4.06. The van der Waals surface area contributed by atoms with Crippen LogP contribution < -0.4 is 16.6 Å². The van der Waals surface area contributed by atoms with E-state index in [1.807, 2.05) is 66.7 Å². The van der Waals surface area contributed by atoms with Gasteiger partial charge in [0.15, 0.2) is 0 Å². The van der Waals surface area contributed by atoms with E-state index in [0.717, 1.165) is 15.7 Å². The van der Waals surface area contributed by atoms with Gasteiger partial charge in [0.25, 0.3) is 5.56 Å². The van der Waals surface area contributed by atoms with E-state index in [9.17, 15) is 19.6 Å². The second kappa shape index (κ2) is 8.84. The van der Waals surface area contributed by atoms with Gasteiger partial charge in [-0.25, -0.2) is 9.36 Å². The first-order valence-corrected chi connectivity index (χ1v) is 10.2. The molecule has 7 nitrogen and oxygen atoms in total. The quantitative estimate of drug-likeness (QED) is 0.667. The van der Waals surface area contributed by atoms with Gasteiger partial charge in [-0.1, -0.05) is 60.7 Å². The van der Waals surface area contributed by atoms with Crippen molar-refractivity contribution in [1.82, 2.24) is 14.5 Å². The Balaban J connectivity index is 1.61. The third-order valence-corrected chi connectivity index (χ3v) is 5.56. The maximum atomic E-state index is 12.9. The van der Waals surface area contributed by atoms with Crippen LogP contribution in [-0.2, 0) is 30.7 Å². The SMILES string of the molecule is N#Cc1c2n(c(=O)n(CC(=O)N[C@@H](Cc3ccccc3)c3ccccc3)c1=O)CCC2. The lowest BCUT2D eigenvalue weighted by atomic mass is 9.99. The Hall–Kier alpha value is -3.92. The Kier molecular flexibility index (Phi) is 5.80. The number of nitriles is 1. The smallest absolute Gasteiger partial charge is 0.331 e. The number of carbonyl (C=O) groups is 1. The molecule has 0 spiro atoms. The maximum absolute atomic E-state index is 12.9. The number of nitrogens with zero attached hydrogens (tertiary/aromatic N) is 3. The van der Waals surface area contributed by atoms with Crippen molar-refractivity contribution in [3.05, 3.63) is 104 Å². The molecule has 1 N–H and O–H groups in total. The highest BCUT2D eigenvalue weighted by Gasteiger charge is 2.24. The maximum Gasteiger partial charge on any atom is 0.331 e. The Bertz CT molecular complexity index is 1250. The van der Waals surface area contributed by atoms with Gasteiger partial charge in [-0.2, -0.15) is 5.26 Å². The van der Waals surface area contributed by atoms with Crippen molar-refractivity contribution >= 4 is 5.91 Å². The van der Waals surface area contributed by atoms with Crippen molar-refractivity contribution in [1.29, 1.82) is 5.26 Å². The highest BCUT2D eigenvalue weighted by Crippen LogP contribution is 2.18. The van der Waals surface area contributed by atoms with Gasteiger partial charge in [0, 0.05) is 12.2 Å². The molecule has 0 fully saturated rings. The number of nitrogens with one attached hydrogen (secondary N) is 1. The first-order valence-electron chi connectivity index (χ1n) is 10.2. The number of rotatable bonds is 6. The molecule has 1 amide bonds. The molecule has 156 valence electrons. The second-order valence-electron chi connectivity index (χ2n) is 7.58. The van der Waals surface area contributed by atoms with Crippen LogP contribution in [0.2, 0.25) is 0 Å². The van der Waals surface area contributed by atoms with Gasteiger partial charge >= 0.3 is 5.69 Å². The molecule has 2 heterocycles. The van der Waals surface area contributed by atoms with Crippen LogP contribution in [0, 0.1) is 11.3 Å². The van der Waals surface area contributed by atoms with Gasteiger partial charge < -0.3 is 5.32 Å². The molecule has 4 rings (SSSR count). The zero-order valence-electron chi connectivity index (χ0n) is 17.0. The minimum Gasteiger partial charge on any atom is -0.347 e. The molecule has 2 aromatic carbocycles. The zero-order chi connectivity index (χ0) is 21.8. The van der Waals surface area contributed by atoms with Gasteiger partial charge in [-0.3, -0.25) is 14.2 Å². The summed E-state index contributed by atoms with van der Waals surface area (Å²) >= 11 is 0. The molecule has 31 heavy (non-hydrogen) atoms. The molecular weight excluding hydrogens is 392 g/mol. The number of hydrogen-bond acceptors (Lipinski definition) is 4. The number of benzene rings is 2. The van der Waals surface area contributed by atoms with Crippen LogP contribution in [0.5, 0.6) is 0 Å². The molecule has 0 radical (unpaired) electrons. The van der Waals surface area contributed by atoms with E-state index in [1.54, 1.807) is 0 Å². The van der Waals surface area contributed by atoms with Crippen LogP contribution in [0.15, 0.2) is 70.3 Å². The molecule has 3 aromatic rings. The van der Waals surface area contributed by atoms with Crippen LogP contribution in [0.3, 0.4) is 0 Å². The summed E-state index contributed by atoms with van der Waals surface area (Å²) in [5.74, 6) is -0.452. The van der Waals surface area contributed by atoms with E-state index in [4.69, 9.17) is 0 Å². The molecule has 7 heteroatoms. The van der Waals surface area contributed by atoms with Crippen molar-refractivity contribution < 1.29 is 4.79 Å². The van der Waals surface area contributed by atoms with E-state index in [2.05, 4.69) is 5.32 Å². The van der Waals surface area contributed by atoms with Gasteiger partial charge in [0.05, 0.1) is 6.04 Å². The predicted molar refractivity (Wildman–Crippen MR) is 115 cm³/mol. The molecule has 1 aliphatic rings. The monoisotopic (exact) mass is 414 g/mol. The minimum atomic E-state index is -0.699. The molecule has 0 saturated heterocycles. The van der Waals surface area contributed by atoms with E-state index in [1.165, 1.54) is 4.57 Å². The highest BCUT2D eigenvalue weighted by molar-refractivity contribution is 5.76. The van der Waals surface area contributed by atoms with Crippen LogP contribution >= 0.6 is 0 Å². The summed E-state index contributed by atoms with van der Waals surface area (Å²) in [5, 5.41) is 12.4. The topological polar surface area (TPSA) is 96.9 Å². The van der Waals surface area contributed by atoms with Crippen LogP contribution in [0.4, 0.5) is 0 Å². The summed E-state index contributed by atoms with van der Waals surface area (Å²) in [6, 6.07) is 20.9. The average Bonchev–Trinajstić information content (AvgIpc) is 3.28. The Labute approximate surface area is 179 Å². The lowest BCUT2D eigenvalue weighted by Crippen LogP contribution is -2.45. The van der Waals surface area contributed by atoms with Crippen LogP contribution in [0.25, 0.3) is 0 Å². The van der Waals surface area contributed by atoms with E-state index >= 15 is 0 Å². The molecule has 0 unspecified atom stereocenters. The lowest BCUT2D eigenvalue weighted by molar-refractivity contribution is -0.122. The summed E-state index contributed by atoms with van der Waals surface area (Å²) in [4.78, 5) is 38.4. The second-order valence-corrected chi connectivity index (χ2v) is 7.58. The number of carbonyl (C=O) groups excluding carboxylic acids is 1. The fourth-order valence-electron chi connectivity index (χ4n) is 4.06. The van der Waals surface area contributed by atoms with Crippen LogP contribution in [0.1, 0.15) is 34.8 Å². The highest BCUT2D eigenvalue weighted by atomic mass is 16.2. The number of amides is 1. The van der Waals surface area contributed by atoms with Crippen molar-refractivity contribution in [3.63, 3.8) is 0 Å². The molecule has 1 aromatic heterocycles. The Morgan fingerprint density at radius 3 is 2.42 bits per heavy atom. The molecule has 0 saturated carbocycles.